The van der Waals surface area contributed by atoms with Gasteiger partial charge in [0.05, 0.1) is 11.9 Å². The summed E-state index contributed by atoms with van der Waals surface area (Å²) in [6.07, 6.45) is 5.44. The molecule has 0 radical (unpaired) electrons. The number of nitrogens with zero attached hydrogens (tertiary/aromatic N) is 2. The van der Waals surface area contributed by atoms with Crippen molar-refractivity contribution < 1.29 is 9.53 Å². The summed E-state index contributed by atoms with van der Waals surface area (Å²) >= 11 is 0. The lowest BCUT2D eigenvalue weighted by atomic mass is 10.1. The molecule has 1 N–H and O–H groups in total. The molecule has 3 rings (SSSR count). The van der Waals surface area contributed by atoms with Crippen LogP contribution in [0.4, 0.5) is 11.5 Å². The number of hydrogen-bond acceptors (Lipinski definition) is 4. The lowest BCUT2D eigenvalue weighted by molar-refractivity contribution is -0.118. The van der Waals surface area contributed by atoms with Crippen molar-refractivity contribution in [2.24, 2.45) is 0 Å². The molecule has 25 heavy (non-hydrogen) atoms. The van der Waals surface area contributed by atoms with E-state index >= 15 is 0 Å². The highest BCUT2D eigenvalue weighted by molar-refractivity contribution is 5.91. The van der Waals surface area contributed by atoms with Crippen LogP contribution >= 0.6 is 0 Å². The lowest BCUT2D eigenvalue weighted by Crippen LogP contribution is -2.30. The van der Waals surface area contributed by atoms with E-state index in [1.807, 2.05) is 44.2 Å². The van der Waals surface area contributed by atoms with Gasteiger partial charge in [0.1, 0.15) is 11.6 Å². The first-order valence-electron chi connectivity index (χ1n) is 8.83. The van der Waals surface area contributed by atoms with Crippen LogP contribution in [0.25, 0.3) is 0 Å². The molecule has 0 bridgehead atoms. The number of carbonyl (C=O) groups is 1. The van der Waals surface area contributed by atoms with Gasteiger partial charge in [-0.1, -0.05) is 12.1 Å². The van der Waals surface area contributed by atoms with E-state index in [1.165, 1.54) is 19.3 Å². The normalized spacial score (nSPS) is 14.2. The maximum Gasteiger partial charge on any atom is 0.262 e. The van der Waals surface area contributed by atoms with E-state index in [0.717, 1.165) is 35.8 Å². The Kier molecular flexibility index (Phi) is 5.53. The van der Waals surface area contributed by atoms with E-state index in [9.17, 15) is 4.79 Å². The average Bonchev–Trinajstić information content (AvgIpc) is 2.64. The summed E-state index contributed by atoms with van der Waals surface area (Å²) in [4.78, 5) is 18.9. The van der Waals surface area contributed by atoms with Crippen LogP contribution in [0.2, 0.25) is 0 Å². The lowest BCUT2D eigenvalue weighted by Gasteiger charge is -2.27. The van der Waals surface area contributed by atoms with Crippen molar-refractivity contribution >= 4 is 17.4 Å². The molecule has 1 aromatic heterocycles. The number of carbonyl (C=O) groups excluding carboxylic acids is 1. The largest absolute Gasteiger partial charge is 0.483 e. The zero-order chi connectivity index (χ0) is 17.6. The molecule has 0 aliphatic carbocycles. The minimum Gasteiger partial charge on any atom is -0.483 e. The van der Waals surface area contributed by atoms with Gasteiger partial charge in [-0.15, -0.1) is 0 Å². The minimum absolute atomic E-state index is 0.0157. The van der Waals surface area contributed by atoms with Gasteiger partial charge in [0.25, 0.3) is 5.91 Å². The number of amides is 1. The molecule has 2 aromatic rings. The number of aryl methyl sites for hydroxylation is 2. The fraction of sp³-hybridized carbons (Fsp3) is 0.400. The molecular formula is C20H25N3O2. The third-order valence-corrected chi connectivity index (χ3v) is 4.41. The highest BCUT2D eigenvalue weighted by Crippen LogP contribution is 2.20. The third-order valence-electron chi connectivity index (χ3n) is 4.41. The van der Waals surface area contributed by atoms with E-state index in [4.69, 9.17) is 4.74 Å². The molecule has 1 aromatic carbocycles. The van der Waals surface area contributed by atoms with Crippen LogP contribution in [0.5, 0.6) is 5.75 Å². The van der Waals surface area contributed by atoms with Crippen LogP contribution in [-0.4, -0.2) is 30.6 Å². The monoisotopic (exact) mass is 339 g/mol. The van der Waals surface area contributed by atoms with Crippen LogP contribution in [0.3, 0.4) is 0 Å². The van der Waals surface area contributed by atoms with Crippen LogP contribution in [0, 0.1) is 13.8 Å². The quantitative estimate of drug-likeness (QED) is 0.902. The molecule has 1 saturated heterocycles. The number of anilines is 2. The van der Waals surface area contributed by atoms with Gasteiger partial charge in [0.15, 0.2) is 6.61 Å². The second kappa shape index (κ2) is 8.01. The SMILES string of the molecule is Cc1ccc(C)c(OCC(=O)Nc2ccc(N3CCCCC3)nc2)c1. The molecule has 1 amide bonds. The Hall–Kier alpha value is -2.56. The molecule has 5 nitrogen and oxygen atoms in total. The second-order valence-corrected chi connectivity index (χ2v) is 6.56. The highest BCUT2D eigenvalue weighted by atomic mass is 16.5. The topological polar surface area (TPSA) is 54.5 Å². The van der Waals surface area contributed by atoms with Crippen LogP contribution in [0.1, 0.15) is 30.4 Å². The Balaban J connectivity index is 1.53. The van der Waals surface area contributed by atoms with Crippen molar-refractivity contribution in [2.45, 2.75) is 33.1 Å². The van der Waals surface area contributed by atoms with E-state index in [-0.39, 0.29) is 12.5 Å². The van der Waals surface area contributed by atoms with Gasteiger partial charge >= 0.3 is 0 Å². The van der Waals surface area contributed by atoms with Gasteiger partial charge in [-0.3, -0.25) is 4.79 Å². The summed E-state index contributed by atoms with van der Waals surface area (Å²) in [6, 6.07) is 9.82. The number of rotatable bonds is 5. The number of piperidine rings is 1. The van der Waals surface area contributed by atoms with Gasteiger partial charge in [-0.2, -0.15) is 0 Å². The predicted molar refractivity (Wildman–Crippen MR) is 100 cm³/mol. The van der Waals surface area contributed by atoms with Crippen molar-refractivity contribution in [3.05, 3.63) is 47.7 Å². The summed E-state index contributed by atoms with van der Waals surface area (Å²) < 4.78 is 5.63. The second-order valence-electron chi connectivity index (χ2n) is 6.56. The number of benzene rings is 1. The van der Waals surface area contributed by atoms with Gasteiger partial charge in [0, 0.05) is 13.1 Å². The maximum atomic E-state index is 12.1. The molecule has 0 spiro atoms. The van der Waals surface area contributed by atoms with Crippen LogP contribution in [-0.2, 0) is 4.79 Å². The molecule has 2 heterocycles. The van der Waals surface area contributed by atoms with Crippen molar-refractivity contribution in [3.8, 4) is 5.75 Å². The third kappa shape index (κ3) is 4.72. The van der Waals surface area contributed by atoms with Crippen LogP contribution < -0.4 is 15.0 Å². The summed E-state index contributed by atoms with van der Waals surface area (Å²) in [5.74, 6) is 1.53. The number of aromatic nitrogens is 1. The molecular weight excluding hydrogens is 314 g/mol. The average molecular weight is 339 g/mol. The first kappa shape index (κ1) is 17.3. The molecule has 1 aliphatic heterocycles. The van der Waals surface area contributed by atoms with E-state index < -0.39 is 0 Å². The zero-order valence-electron chi connectivity index (χ0n) is 14.9. The van der Waals surface area contributed by atoms with Gasteiger partial charge < -0.3 is 15.0 Å². The molecule has 1 aliphatic rings. The zero-order valence-corrected chi connectivity index (χ0v) is 14.9. The van der Waals surface area contributed by atoms with Crippen molar-refractivity contribution in [1.82, 2.24) is 4.98 Å². The van der Waals surface area contributed by atoms with Gasteiger partial charge in [0.2, 0.25) is 0 Å². The van der Waals surface area contributed by atoms with Crippen molar-refractivity contribution in [2.75, 3.05) is 29.9 Å². The van der Waals surface area contributed by atoms with E-state index in [1.54, 1.807) is 6.20 Å². The summed E-state index contributed by atoms with van der Waals surface area (Å²) in [5, 5.41) is 2.83. The fourth-order valence-electron chi connectivity index (χ4n) is 2.97. The first-order chi connectivity index (χ1) is 12.1. The Morgan fingerprint density at radius 3 is 2.68 bits per heavy atom. The number of nitrogens with one attached hydrogen (secondary N) is 1. The summed E-state index contributed by atoms with van der Waals surface area (Å²) in [6.45, 7) is 6.07. The molecule has 1 fully saturated rings. The van der Waals surface area contributed by atoms with E-state index in [2.05, 4.69) is 15.2 Å². The molecule has 0 atom stereocenters. The standard InChI is InChI=1S/C20H25N3O2/c1-15-6-7-16(2)18(12-15)25-14-20(24)22-17-8-9-19(21-13-17)23-10-4-3-5-11-23/h6-9,12-13H,3-5,10-11,14H2,1-2H3,(H,22,24). The van der Waals surface area contributed by atoms with Crippen LogP contribution in [0.15, 0.2) is 36.5 Å². The fourth-order valence-corrected chi connectivity index (χ4v) is 2.97. The van der Waals surface area contributed by atoms with E-state index in [0.29, 0.717) is 5.69 Å². The number of pyridine rings is 1. The van der Waals surface area contributed by atoms with Crippen molar-refractivity contribution in [1.29, 1.82) is 0 Å². The Morgan fingerprint density at radius 2 is 1.96 bits per heavy atom. The summed E-state index contributed by atoms with van der Waals surface area (Å²) in [7, 11) is 0. The first-order valence-corrected chi connectivity index (χ1v) is 8.83. The number of hydrogen-bond donors (Lipinski definition) is 1. The smallest absolute Gasteiger partial charge is 0.262 e. The molecule has 5 heteroatoms. The number of ether oxygens (including phenoxy) is 1. The Morgan fingerprint density at radius 1 is 1.16 bits per heavy atom. The maximum absolute atomic E-state index is 12.1. The molecule has 0 unspecified atom stereocenters. The molecule has 0 saturated carbocycles. The predicted octanol–water partition coefficient (Wildman–Crippen LogP) is 3.71. The highest BCUT2D eigenvalue weighted by Gasteiger charge is 2.12. The minimum atomic E-state index is -0.187. The molecule has 132 valence electrons. The summed E-state index contributed by atoms with van der Waals surface area (Å²) in [5.41, 5.74) is 2.82. The van der Waals surface area contributed by atoms with Gasteiger partial charge in [-0.25, -0.2) is 4.98 Å². The Bertz CT molecular complexity index is 722. The Labute approximate surface area is 149 Å². The van der Waals surface area contributed by atoms with Crippen molar-refractivity contribution in [3.63, 3.8) is 0 Å². The van der Waals surface area contributed by atoms with Gasteiger partial charge in [-0.05, 0) is 62.4 Å².